The van der Waals surface area contributed by atoms with Crippen LogP contribution in [-0.2, 0) is 21.7 Å². The molecule has 0 spiro atoms. The van der Waals surface area contributed by atoms with E-state index in [-0.39, 0.29) is 27.6 Å². The van der Waals surface area contributed by atoms with Gasteiger partial charge in [0.2, 0.25) is 0 Å². The van der Waals surface area contributed by atoms with Gasteiger partial charge in [0.05, 0.1) is 22.6 Å². The summed E-state index contributed by atoms with van der Waals surface area (Å²) in [6.45, 7) is 39.3. The molecule has 2 aromatic heterocycles. The van der Waals surface area contributed by atoms with Gasteiger partial charge in [-0.3, -0.25) is 0 Å². The van der Waals surface area contributed by atoms with Gasteiger partial charge in [-0.15, -0.1) is 11.3 Å². The van der Waals surface area contributed by atoms with Crippen molar-refractivity contribution in [2.24, 2.45) is 0 Å². The molecule has 0 saturated carbocycles. The van der Waals surface area contributed by atoms with Crippen LogP contribution in [0.25, 0.3) is 36.8 Å². The number of aromatic nitrogens is 1. The Morgan fingerprint density at radius 3 is 1.47 bits per heavy atom. The summed E-state index contributed by atoms with van der Waals surface area (Å²) >= 11 is 1.92. The van der Waals surface area contributed by atoms with E-state index < -0.39 is 0 Å². The summed E-state index contributed by atoms with van der Waals surface area (Å²) in [5.41, 5.74) is 19.7. The fraction of sp³-hybridized carbons (Fsp3) is 0.333. The largest absolute Gasteiger partial charge is 0.312 e. The number of hydrogen-bond donors (Lipinski definition) is 0. The van der Waals surface area contributed by atoms with E-state index in [1.165, 1.54) is 98.5 Å². The van der Waals surface area contributed by atoms with Gasteiger partial charge in [0, 0.05) is 54.0 Å². The average molecular weight is 942 g/mol. The Morgan fingerprint density at radius 2 is 0.957 bits per heavy atom. The maximum Gasteiger partial charge on any atom is 0.0765 e. The van der Waals surface area contributed by atoms with E-state index in [1.54, 1.807) is 0 Å². The van der Waals surface area contributed by atoms with Crippen LogP contribution >= 0.6 is 11.3 Å². The van der Waals surface area contributed by atoms with Gasteiger partial charge in [-0.1, -0.05) is 170 Å². The molecule has 0 bridgehead atoms. The number of benzene rings is 7. The summed E-state index contributed by atoms with van der Waals surface area (Å²) < 4.78 is 5.13. The second kappa shape index (κ2) is 17.6. The molecule has 0 atom stereocenters. The first kappa shape index (κ1) is 48.9. The highest BCUT2D eigenvalue weighted by Crippen LogP contribution is 2.53. The Bertz CT molecular complexity index is 3390. The number of hydrogen-bond acceptors (Lipinski definition) is 3. The van der Waals surface area contributed by atoms with Crippen molar-refractivity contribution in [1.82, 2.24) is 4.57 Å². The van der Waals surface area contributed by atoms with E-state index in [1.807, 2.05) is 11.3 Å². The summed E-state index contributed by atoms with van der Waals surface area (Å²) in [7, 11) is 0. The van der Waals surface area contributed by atoms with E-state index in [4.69, 9.17) is 0 Å². The van der Waals surface area contributed by atoms with Crippen LogP contribution in [0.1, 0.15) is 147 Å². The molecule has 0 aliphatic rings. The fourth-order valence-corrected chi connectivity index (χ4v) is 11.5. The van der Waals surface area contributed by atoms with Crippen molar-refractivity contribution in [3.8, 4) is 5.69 Å². The SMILES string of the molecule is Cc1cc(C(C)(C)C)ccc1N(c1ccc(C(C)(C)C)cc1)c1cc(C(C)C)cc(N(c2ccc(C(C)(C)C)cc2)c2c(C)n(-c3ccc(C(C)(C)C)cc3)c3ccc4c5ccccc5sc4c23)c1C. The Hall–Kier alpha value is -6.10. The quantitative estimate of drug-likeness (QED) is 0.150. The lowest BCUT2D eigenvalue weighted by Crippen LogP contribution is -2.19. The first-order valence-corrected chi connectivity index (χ1v) is 26.3. The first-order chi connectivity index (χ1) is 32.8. The zero-order valence-electron chi connectivity index (χ0n) is 45.1. The second-order valence-corrected chi connectivity index (χ2v) is 25.4. The van der Waals surface area contributed by atoms with Crippen LogP contribution < -0.4 is 9.80 Å². The molecule has 360 valence electrons. The zero-order valence-corrected chi connectivity index (χ0v) is 45.9. The fourth-order valence-electron chi connectivity index (χ4n) is 10.3. The van der Waals surface area contributed by atoms with E-state index in [2.05, 4.69) is 272 Å². The third kappa shape index (κ3) is 8.87. The van der Waals surface area contributed by atoms with Gasteiger partial charge in [0.1, 0.15) is 0 Å². The van der Waals surface area contributed by atoms with Gasteiger partial charge in [-0.25, -0.2) is 0 Å². The molecule has 0 aliphatic carbocycles. The van der Waals surface area contributed by atoms with Crippen LogP contribution in [0.5, 0.6) is 0 Å². The molecule has 0 saturated heterocycles. The predicted molar refractivity (Wildman–Crippen MR) is 309 cm³/mol. The van der Waals surface area contributed by atoms with Gasteiger partial charge in [-0.2, -0.15) is 0 Å². The maximum absolute atomic E-state index is 2.62. The number of thiophene rings is 1. The Morgan fingerprint density at radius 1 is 0.471 bits per heavy atom. The summed E-state index contributed by atoms with van der Waals surface area (Å²) in [5.74, 6) is 0.260. The molecule has 3 nitrogen and oxygen atoms in total. The molecule has 9 aromatic rings. The molecule has 0 fully saturated rings. The van der Waals surface area contributed by atoms with Gasteiger partial charge >= 0.3 is 0 Å². The van der Waals surface area contributed by atoms with Crippen LogP contribution in [-0.4, -0.2) is 4.57 Å². The number of aryl methyl sites for hydroxylation is 1. The molecule has 70 heavy (non-hydrogen) atoms. The summed E-state index contributed by atoms with van der Waals surface area (Å²) in [6.07, 6.45) is 0. The lowest BCUT2D eigenvalue weighted by molar-refractivity contribution is 0.589. The minimum atomic E-state index is 0.00183. The predicted octanol–water partition coefficient (Wildman–Crippen LogP) is 20.2. The zero-order chi connectivity index (χ0) is 50.4. The van der Waals surface area contributed by atoms with Crippen LogP contribution in [0.15, 0.2) is 140 Å². The molecular weight excluding hydrogens is 867 g/mol. The van der Waals surface area contributed by atoms with Crippen LogP contribution in [0.3, 0.4) is 0 Å². The Kier molecular flexibility index (Phi) is 12.3. The standard InChI is InChI=1S/C66H75N3S/c1-41(2)45-39-57(68(51-31-24-47(25-32-51)64(9,10)11)55-36-28-49(38-42(55)3)66(15,16)17)43(4)58(40-45)69(52-33-26-48(27-34-52)65(12,13)14)61-44(5)67(50-29-22-46(23-30-50)63(6,7)8)56-37-35-54-53-20-18-19-21-59(53)70-62(54)60(56)61/h18-41H,1-17H3. The Labute approximate surface area is 423 Å². The van der Waals surface area contributed by atoms with E-state index in [9.17, 15) is 0 Å². The smallest absolute Gasteiger partial charge is 0.0765 e. The number of rotatable bonds is 8. The third-order valence-electron chi connectivity index (χ3n) is 14.7. The highest BCUT2D eigenvalue weighted by atomic mass is 32.1. The topological polar surface area (TPSA) is 11.4 Å². The molecule has 0 aliphatic heterocycles. The van der Waals surface area contributed by atoms with Gasteiger partial charge in [-0.05, 0) is 154 Å². The number of fused-ring (bicyclic) bond motifs is 5. The summed E-state index contributed by atoms with van der Waals surface area (Å²) in [6, 6.07) is 53.8. The average Bonchev–Trinajstić information content (AvgIpc) is 3.81. The van der Waals surface area contributed by atoms with Gasteiger partial charge < -0.3 is 14.4 Å². The maximum atomic E-state index is 2.62. The Balaban J connectivity index is 1.41. The van der Waals surface area contributed by atoms with Crippen molar-refractivity contribution in [2.45, 2.75) is 145 Å². The van der Waals surface area contributed by atoms with Crippen LogP contribution in [0, 0.1) is 20.8 Å². The number of anilines is 6. The molecule has 2 heterocycles. The molecule has 0 unspecified atom stereocenters. The van der Waals surface area contributed by atoms with Gasteiger partial charge in [0.25, 0.3) is 0 Å². The van der Waals surface area contributed by atoms with E-state index in [0.29, 0.717) is 0 Å². The minimum absolute atomic E-state index is 0.00183. The van der Waals surface area contributed by atoms with Gasteiger partial charge in [0.15, 0.2) is 0 Å². The van der Waals surface area contributed by atoms with Crippen LogP contribution in [0.4, 0.5) is 34.1 Å². The molecule has 0 N–H and O–H groups in total. The van der Waals surface area contributed by atoms with Crippen molar-refractivity contribution in [3.05, 3.63) is 184 Å². The molecule has 0 amide bonds. The normalized spacial score (nSPS) is 12.8. The second-order valence-electron chi connectivity index (χ2n) is 24.4. The summed E-state index contributed by atoms with van der Waals surface area (Å²) in [5, 5.41) is 3.87. The van der Waals surface area contributed by atoms with Crippen LogP contribution in [0.2, 0.25) is 0 Å². The van der Waals surface area contributed by atoms with E-state index in [0.717, 1.165) is 17.1 Å². The lowest BCUT2D eigenvalue weighted by atomic mass is 9.85. The summed E-state index contributed by atoms with van der Waals surface area (Å²) in [4.78, 5) is 5.16. The molecular formula is C66H75N3S. The lowest BCUT2D eigenvalue weighted by Gasteiger charge is -2.34. The third-order valence-corrected chi connectivity index (χ3v) is 15.9. The van der Waals surface area contributed by atoms with Crippen molar-refractivity contribution >= 4 is 76.5 Å². The van der Waals surface area contributed by atoms with Crippen molar-refractivity contribution < 1.29 is 0 Å². The van der Waals surface area contributed by atoms with Crippen molar-refractivity contribution in [2.75, 3.05) is 9.80 Å². The van der Waals surface area contributed by atoms with Crippen molar-refractivity contribution in [3.63, 3.8) is 0 Å². The molecule has 7 aromatic carbocycles. The minimum Gasteiger partial charge on any atom is -0.312 e. The first-order valence-electron chi connectivity index (χ1n) is 25.5. The highest BCUT2D eigenvalue weighted by molar-refractivity contribution is 7.26. The molecule has 0 radical (unpaired) electrons. The number of nitrogens with zero attached hydrogens (tertiary/aromatic N) is 3. The van der Waals surface area contributed by atoms with Crippen molar-refractivity contribution in [1.29, 1.82) is 0 Å². The molecule has 4 heteroatoms. The molecule has 9 rings (SSSR count). The monoisotopic (exact) mass is 942 g/mol. The highest BCUT2D eigenvalue weighted by Gasteiger charge is 2.31. The van der Waals surface area contributed by atoms with E-state index >= 15 is 0 Å².